The molecule has 8 nitrogen and oxygen atoms in total. The number of hydrogen-bond donors (Lipinski definition) is 0. The Morgan fingerprint density at radius 3 is 2.28 bits per heavy atom. The summed E-state index contributed by atoms with van der Waals surface area (Å²) in [7, 11) is -3.98. The molecule has 0 aromatic heterocycles. The molecule has 1 aliphatic rings. The van der Waals surface area contributed by atoms with Gasteiger partial charge >= 0.3 is 6.09 Å². The number of rotatable bonds is 14. The van der Waals surface area contributed by atoms with Crippen molar-refractivity contribution in [1.82, 2.24) is 9.21 Å². The molecule has 0 bridgehead atoms. The number of benzene rings is 1. The van der Waals surface area contributed by atoms with Crippen LogP contribution in [0.2, 0.25) is 18.1 Å². The van der Waals surface area contributed by atoms with E-state index in [9.17, 15) is 13.2 Å². The standard InChI is InChI=1S/C25H43ClN2O6SSi/c1-7-36(8-2,9-3)34-19-24-23(17-20(4)28(24)25(29)33-16-10-15-26)27(35(6,30)31)18-21-11-13-22(32-5)14-12-21/h11-14,20,23-24H,7-10,15-19H2,1-6H3/t20-,23+,24+/m1/s1. The molecular weight excluding hydrogens is 520 g/mol. The number of carbonyl (C=O) groups excluding carboxylic acids is 1. The van der Waals surface area contributed by atoms with Crippen LogP contribution >= 0.6 is 11.6 Å². The second-order valence-electron chi connectivity index (χ2n) is 9.49. The molecule has 2 rings (SSSR count). The van der Waals surface area contributed by atoms with Gasteiger partial charge in [0.25, 0.3) is 0 Å². The van der Waals surface area contributed by atoms with Crippen LogP contribution in [-0.2, 0) is 25.7 Å². The average Bonchev–Trinajstić information content (AvgIpc) is 3.19. The molecule has 1 fully saturated rings. The summed E-state index contributed by atoms with van der Waals surface area (Å²) in [5.41, 5.74) is 0.844. The molecule has 3 atom stereocenters. The molecule has 0 aliphatic carbocycles. The first-order chi connectivity index (χ1) is 17.1. The molecule has 0 spiro atoms. The number of alkyl halides is 1. The quantitative estimate of drug-likeness (QED) is 0.179. The molecule has 0 radical (unpaired) electrons. The first-order valence-corrected chi connectivity index (χ1v) is 17.7. The minimum atomic E-state index is -3.60. The van der Waals surface area contributed by atoms with Crippen molar-refractivity contribution in [1.29, 1.82) is 0 Å². The topological polar surface area (TPSA) is 85.4 Å². The molecule has 1 aromatic carbocycles. The summed E-state index contributed by atoms with van der Waals surface area (Å²) in [4.78, 5) is 14.8. The van der Waals surface area contributed by atoms with E-state index in [1.807, 2.05) is 31.2 Å². The fourth-order valence-electron chi connectivity index (χ4n) is 4.95. The van der Waals surface area contributed by atoms with Crippen LogP contribution in [0.3, 0.4) is 0 Å². The van der Waals surface area contributed by atoms with Crippen molar-refractivity contribution in [3.8, 4) is 5.75 Å². The number of halogens is 1. The van der Waals surface area contributed by atoms with Crippen molar-refractivity contribution in [2.24, 2.45) is 0 Å². The maximum Gasteiger partial charge on any atom is 0.410 e. The van der Waals surface area contributed by atoms with Crippen molar-refractivity contribution in [3.63, 3.8) is 0 Å². The normalized spacial score (nSPS) is 20.7. The maximum absolute atomic E-state index is 13.2. The number of carbonyl (C=O) groups is 1. The summed E-state index contributed by atoms with van der Waals surface area (Å²) in [6.45, 7) is 9.10. The zero-order chi connectivity index (χ0) is 26.9. The summed E-state index contributed by atoms with van der Waals surface area (Å²) in [6, 6.07) is 9.18. The van der Waals surface area contributed by atoms with Gasteiger partial charge in [0.05, 0.1) is 32.6 Å². The Labute approximate surface area is 223 Å². The van der Waals surface area contributed by atoms with Gasteiger partial charge in [-0.15, -0.1) is 11.6 Å². The molecule has 11 heteroatoms. The lowest BCUT2D eigenvalue weighted by Crippen LogP contribution is -2.53. The molecule has 1 saturated heterocycles. The zero-order valence-corrected chi connectivity index (χ0v) is 25.1. The van der Waals surface area contributed by atoms with Gasteiger partial charge in [0.1, 0.15) is 5.75 Å². The highest BCUT2D eigenvalue weighted by Gasteiger charge is 2.48. The summed E-state index contributed by atoms with van der Waals surface area (Å²) in [5, 5.41) is 0. The van der Waals surface area contributed by atoms with Crippen molar-refractivity contribution < 1.29 is 27.1 Å². The maximum atomic E-state index is 13.2. The highest BCUT2D eigenvalue weighted by Crippen LogP contribution is 2.34. The molecule has 1 amide bonds. The molecule has 0 N–H and O–H groups in total. The molecular formula is C25H43ClN2O6SSi. The Balaban J connectivity index is 2.41. The van der Waals surface area contributed by atoms with Gasteiger partial charge in [-0.1, -0.05) is 32.9 Å². The van der Waals surface area contributed by atoms with Gasteiger partial charge in [0.2, 0.25) is 10.0 Å². The molecule has 0 unspecified atom stereocenters. The van der Waals surface area contributed by atoms with Gasteiger partial charge in [0, 0.05) is 24.5 Å². The third kappa shape index (κ3) is 7.83. The molecule has 36 heavy (non-hydrogen) atoms. The van der Waals surface area contributed by atoms with Crippen LogP contribution in [0.4, 0.5) is 4.79 Å². The zero-order valence-electron chi connectivity index (χ0n) is 22.5. The second-order valence-corrected chi connectivity index (χ2v) is 16.6. The Morgan fingerprint density at radius 2 is 1.78 bits per heavy atom. The summed E-state index contributed by atoms with van der Waals surface area (Å²) < 4.78 is 45.0. The van der Waals surface area contributed by atoms with E-state index >= 15 is 0 Å². The predicted octanol–water partition coefficient (Wildman–Crippen LogP) is 5.08. The third-order valence-corrected chi connectivity index (χ3v) is 13.5. The van der Waals surface area contributed by atoms with Gasteiger partial charge < -0.3 is 13.9 Å². The molecule has 1 aromatic rings. The summed E-state index contributed by atoms with van der Waals surface area (Å²) >= 11 is 5.76. The van der Waals surface area contributed by atoms with E-state index < -0.39 is 36.5 Å². The van der Waals surface area contributed by atoms with E-state index in [1.165, 1.54) is 10.6 Å². The van der Waals surface area contributed by atoms with E-state index in [4.69, 9.17) is 25.5 Å². The van der Waals surface area contributed by atoms with Crippen LogP contribution in [0.5, 0.6) is 5.75 Å². The predicted molar refractivity (Wildman–Crippen MR) is 147 cm³/mol. The van der Waals surface area contributed by atoms with Crippen LogP contribution in [0.25, 0.3) is 0 Å². The lowest BCUT2D eigenvalue weighted by molar-refractivity contribution is 0.0660. The number of likely N-dealkylation sites (tertiary alicyclic amines) is 1. The minimum absolute atomic E-state index is 0.198. The largest absolute Gasteiger partial charge is 0.497 e. The van der Waals surface area contributed by atoms with Gasteiger partial charge in [-0.2, -0.15) is 4.31 Å². The van der Waals surface area contributed by atoms with E-state index in [1.54, 1.807) is 12.0 Å². The number of hydrogen-bond acceptors (Lipinski definition) is 6. The number of amides is 1. The average molecular weight is 563 g/mol. The van der Waals surface area contributed by atoms with Crippen LogP contribution in [0, 0.1) is 0 Å². The van der Waals surface area contributed by atoms with Crippen LogP contribution in [-0.4, -0.2) is 82.6 Å². The van der Waals surface area contributed by atoms with Gasteiger partial charge in [-0.25, -0.2) is 13.2 Å². The van der Waals surface area contributed by atoms with E-state index in [-0.39, 0.29) is 25.8 Å². The number of nitrogens with zero attached hydrogens (tertiary/aromatic N) is 2. The Morgan fingerprint density at radius 1 is 1.17 bits per heavy atom. The Hall–Kier alpha value is -1.33. The summed E-state index contributed by atoms with van der Waals surface area (Å²) in [5.74, 6) is 1.11. The number of sulfonamides is 1. The van der Waals surface area contributed by atoms with E-state index in [2.05, 4.69) is 20.8 Å². The van der Waals surface area contributed by atoms with E-state index in [0.717, 1.165) is 23.7 Å². The van der Waals surface area contributed by atoms with E-state index in [0.29, 0.717) is 24.5 Å². The van der Waals surface area contributed by atoms with Crippen molar-refractivity contribution in [2.75, 3.05) is 32.5 Å². The SMILES string of the molecule is CC[Si](CC)(CC)OC[C@H]1[C@@H](N(Cc2ccc(OC)cc2)S(C)(=O)=O)C[C@@H](C)N1C(=O)OCCCCl. The fraction of sp³-hybridized carbons (Fsp3) is 0.720. The highest BCUT2D eigenvalue weighted by molar-refractivity contribution is 7.88. The Kier molecular flexibility index (Phi) is 12.0. The third-order valence-electron chi connectivity index (χ3n) is 7.36. The van der Waals surface area contributed by atoms with Crippen LogP contribution < -0.4 is 4.74 Å². The first kappa shape index (κ1) is 30.9. The first-order valence-electron chi connectivity index (χ1n) is 12.8. The monoisotopic (exact) mass is 562 g/mol. The van der Waals surface area contributed by atoms with Crippen molar-refractivity contribution >= 4 is 36.0 Å². The van der Waals surface area contributed by atoms with Crippen LogP contribution in [0.15, 0.2) is 24.3 Å². The lowest BCUT2D eigenvalue weighted by Gasteiger charge is -2.37. The lowest BCUT2D eigenvalue weighted by atomic mass is 10.1. The van der Waals surface area contributed by atoms with Gasteiger partial charge in [0.15, 0.2) is 8.32 Å². The van der Waals surface area contributed by atoms with Crippen molar-refractivity contribution in [3.05, 3.63) is 29.8 Å². The number of ether oxygens (including phenoxy) is 2. The molecule has 1 heterocycles. The van der Waals surface area contributed by atoms with Crippen LogP contribution in [0.1, 0.15) is 46.1 Å². The number of methoxy groups -OCH3 is 1. The van der Waals surface area contributed by atoms with Gasteiger partial charge in [-0.05, 0) is 55.6 Å². The smallest absolute Gasteiger partial charge is 0.410 e. The second kappa shape index (κ2) is 14.0. The highest BCUT2D eigenvalue weighted by atomic mass is 35.5. The molecule has 0 saturated carbocycles. The minimum Gasteiger partial charge on any atom is -0.497 e. The fourth-order valence-corrected chi connectivity index (χ4v) is 8.79. The van der Waals surface area contributed by atoms with Gasteiger partial charge in [-0.3, -0.25) is 4.90 Å². The summed E-state index contributed by atoms with van der Waals surface area (Å²) in [6.07, 6.45) is 1.84. The molecule has 206 valence electrons. The molecule has 1 aliphatic heterocycles. The Bertz CT molecular complexity index is 921. The van der Waals surface area contributed by atoms with Crippen molar-refractivity contribution in [2.45, 2.75) is 83.3 Å².